The van der Waals surface area contributed by atoms with E-state index in [2.05, 4.69) is 15.6 Å². The first kappa shape index (κ1) is 18.6. The highest BCUT2D eigenvalue weighted by molar-refractivity contribution is 5.95. The largest absolute Gasteiger partial charge is 0.355 e. The highest BCUT2D eigenvalue weighted by Gasteiger charge is 2.14. The molecular formula is C21H24N4O2. The SMILES string of the molecule is CCNC(=O)Cn1c(CCNC(=O)c2ccccc2C)nc2ccccc21. The molecule has 2 aromatic carbocycles. The lowest BCUT2D eigenvalue weighted by atomic mass is 10.1. The standard InChI is InChI=1S/C21H24N4O2/c1-3-22-20(26)14-25-18-11-7-6-10-17(18)24-19(25)12-13-23-21(27)16-9-5-4-8-15(16)2/h4-11H,3,12-14H2,1-2H3,(H,22,26)(H,23,27). The summed E-state index contributed by atoms with van der Waals surface area (Å²) in [6.45, 7) is 5.07. The van der Waals surface area contributed by atoms with Crippen LogP contribution in [0.15, 0.2) is 48.5 Å². The van der Waals surface area contributed by atoms with Gasteiger partial charge in [-0.15, -0.1) is 0 Å². The Morgan fingerprint density at radius 1 is 1.04 bits per heavy atom. The second kappa shape index (κ2) is 8.49. The van der Waals surface area contributed by atoms with Crippen molar-refractivity contribution in [1.82, 2.24) is 20.2 Å². The number of imidazole rings is 1. The molecule has 1 heterocycles. The number of carbonyl (C=O) groups excluding carboxylic acids is 2. The van der Waals surface area contributed by atoms with Gasteiger partial charge in [0, 0.05) is 25.1 Å². The van der Waals surface area contributed by atoms with Crippen LogP contribution in [0.25, 0.3) is 11.0 Å². The van der Waals surface area contributed by atoms with E-state index in [9.17, 15) is 9.59 Å². The van der Waals surface area contributed by atoms with Crippen LogP contribution in [-0.4, -0.2) is 34.5 Å². The number of aromatic nitrogens is 2. The van der Waals surface area contributed by atoms with Gasteiger partial charge >= 0.3 is 0 Å². The predicted molar refractivity (Wildman–Crippen MR) is 106 cm³/mol. The molecule has 6 nitrogen and oxygen atoms in total. The monoisotopic (exact) mass is 364 g/mol. The highest BCUT2D eigenvalue weighted by Crippen LogP contribution is 2.16. The third-order valence-corrected chi connectivity index (χ3v) is 4.43. The van der Waals surface area contributed by atoms with E-state index in [-0.39, 0.29) is 18.4 Å². The van der Waals surface area contributed by atoms with Gasteiger partial charge in [-0.1, -0.05) is 30.3 Å². The fraction of sp³-hybridized carbons (Fsp3) is 0.286. The van der Waals surface area contributed by atoms with Gasteiger partial charge in [0.05, 0.1) is 11.0 Å². The van der Waals surface area contributed by atoms with Gasteiger partial charge in [0.2, 0.25) is 5.91 Å². The Kier molecular flexibility index (Phi) is 5.86. The molecule has 2 N–H and O–H groups in total. The summed E-state index contributed by atoms with van der Waals surface area (Å²) < 4.78 is 1.92. The maximum atomic E-state index is 12.4. The molecule has 1 aromatic heterocycles. The first-order chi connectivity index (χ1) is 13.1. The molecule has 0 aliphatic carbocycles. The zero-order chi connectivity index (χ0) is 19.2. The molecule has 3 rings (SSSR count). The summed E-state index contributed by atoms with van der Waals surface area (Å²) in [7, 11) is 0. The van der Waals surface area contributed by atoms with Crippen molar-refractivity contribution >= 4 is 22.8 Å². The number of fused-ring (bicyclic) bond motifs is 1. The van der Waals surface area contributed by atoms with Crippen molar-refractivity contribution in [2.75, 3.05) is 13.1 Å². The number of aryl methyl sites for hydroxylation is 1. The Morgan fingerprint density at radius 2 is 1.78 bits per heavy atom. The Morgan fingerprint density at radius 3 is 2.56 bits per heavy atom. The van der Waals surface area contributed by atoms with Gasteiger partial charge in [-0.05, 0) is 37.6 Å². The second-order valence-corrected chi connectivity index (χ2v) is 6.38. The van der Waals surface area contributed by atoms with Gasteiger partial charge in [0.1, 0.15) is 12.4 Å². The molecule has 2 amide bonds. The average molecular weight is 364 g/mol. The zero-order valence-corrected chi connectivity index (χ0v) is 15.7. The molecule has 6 heteroatoms. The molecule has 0 bridgehead atoms. The molecule has 27 heavy (non-hydrogen) atoms. The van der Waals surface area contributed by atoms with Crippen molar-refractivity contribution in [3.05, 3.63) is 65.5 Å². The summed E-state index contributed by atoms with van der Waals surface area (Å²) >= 11 is 0. The topological polar surface area (TPSA) is 76.0 Å². The number of nitrogens with zero attached hydrogens (tertiary/aromatic N) is 2. The molecule has 3 aromatic rings. The lowest BCUT2D eigenvalue weighted by Gasteiger charge is -2.10. The van der Waals surface area contributed by atoms with Gasteiger partial charge in [-0.2, -0.15) is 0 Å². The van der Waals surface area contributed by atoms with Crippen LogP contribution >= 0.6 is 0 Å². The van der Waals surface area contributed by atoms with Crippen LogP contribution in [0.3, 0.4) is 0 Å². The Bertz CT molecular complexity index is 962. The van der Waals surface area contributed by atoms with Crippen LogP contribution in [0, 0.1) is 6.92 Å². The minimum atomic E-state index is -0.0977. The number of carbonyl (C=O) groups is 2. The Labute approximate surface area is 158 Å². The molecule has 140 valence electrons. The molecule has 0 spiro atoms. The van der Waals surface area contributed by atoms with Crippen LogP contribution in [0.5, 0.6) is 0 Å². The number of likely N-dealkylation sites (N-methyl/N-ethyl adjacent to an activating group) is 1. The molecule has 0 unspecified atom stereocenters. The average Bonchev–Trinajstić information content (AvgIpc) is 3.00. The van der Waals surface area contributed by atoms with Crippen molar-refractivity contribution in [2.45, 2.75) is 26.8 Å². The summed E-state index contributed by atoms with van der Waals surface area (Å²) in [5.74, 6) is 0.637. The lowest BCUT2D eigenvalue weighted by molar-refractivity contribution is -0.121. The molecule has 0 aliphatic rings. The van der Waals surface area contributed by atoms with Crippen LogP contribution in [-0.2, 0) is 17.8 Å². The second-order valence-electron chi connectivity index (χ2n) is 6.38. The van der Waals surface area contributed by atoms with Gasteiger partial charge in [0.15, 0.2) is 0 Å². The smallest absolute Gasteiger partial charge is 0.251 e. The number of hydrogen-bond acceptors (Lipinski definition) is 3. The first-order valence-electron chi connectivity index (χ1n) is 9.14. The molecule has 0 saturated carbocycles. The van der Waals surface area contributed by atoms with E-state index in [4.69, 9.17) is 0 Å². The lowest BCUT2D eigenvalue weighted by Crippen LogP contribution is -2.29. The molecule has 0 fully saturated rings. The number of nitrogens with one attached hydrogen (secondary N) is 2. The number of rotatable bonds is 7. The fourth-order valence-corrected chi connectivity index (χ4v) is 3.10. The normalized spacial score (nSPS) is 10.7. The van der Waals surface area contributed by atoms with E-state index in [0.717, 1.165) is 22.4 Å². The zero-order valence-electron chi connectivity index (χ0n) is 15.7. The number of hydrogen-bond donors (Lipinski definition) is 2. The number of amides is 2. The van der Waals surface area contributed by atoms with Gasteiger partial charge in [0.25, 0.3) is 5.91 Å². The van der Waals surface area contributed by atoms with Gasteiger partial charge < -0.3 is 15.2 Å². The van der Waals surface area contributed by atoms with E-state index in [1.54, 1.807) is 0 Å². The van der Waals surface area contributed by atoms with Crippen molar-refractivity contribution < 1.29 is 9.59 Å². The molecule has 0 aliphatic heterocycles. The summed E-state index contributed by atoms with van der Waals surface area (Å²) in [4.78, 5) is 29.1. The van der Waals surface area contributed by atoms with Crippen LogP contribution in [0.4, 0.5) is 0 Å². The highest BCUT2D eigenvalue weighted by atomic mass is 16.2. The first-order valence-corrected chi connectivity index (χ1v) is 9.14. The third-order valence-electron chi connectivity index (χ3n) is 4.43. The Hall–Kier alpha value is -3.15. The summed E-state index contributed by atoms with van der Waals surface area (Å²) in [5.41, 5.74) is 3.39. The van der Waals surface area contributed by atoms with E-state index in [1.807, 2.05) is 66.9 Å². The van der Waals surface area contributed by atoms with Gasteiger partial charge in [-0.3, -0.25) is 9.59 Å². The summed E-state index contributed by atoms with van der Waals surface area (Å²) in [5, 5.41) is 5.77. The molecule has 0 radical (unpaired) electrons. The number of para-hydroxylation sites is 2. The van der Waals surface area contributed by atoms with Gasteiger partial charge in [-0.25, -0.2) is 4.98 Å². The maximum Gasteiger partial charge on any atom is 0.251 e. The third kappa shape index (κ3) is 4.34. The summed E-state index contributed by atoms with van der Waals surface area (Å²) in [6.07, 6.45) is 0.547. The van der Waals surface area contributed by atoms with Crippen molar-refractivity contribution in [3.63, 3.8) is 0 Å². The maximum absolute atomic E-state index is 12.4. The number of benzene rings is 2. The molecular weight excluding hydrogens is 340 g/mol. The molecule has 0 atom stereocenters. The van der Waals surface area contributed by atoms with E-state index in [0.29, 0.717) is 25.1 Å². The van der Waals surface area contributed by atoms with Crippen LogP contribution < -0.4 is 10.6 Å². The van der Waals surface area contributed by atoms with E-state index in [1.165, 1.54) is 0 Å². The van der Waals surface area contributed by atoms with Crippen LogP contribution in [0.2, 0.25) is 0 Å². The predicted octanol–water partition coefficient (Wildman–Crippen LogP) is 2.45. The van der Waals surface area contributed by atoms with Crippen molar-refractivity contribution in [3.8, 4) is 0 Å². The minimum absolute atomic E-state index is 0.0501. The Balaban J connectivity index is 1.73. The van der Waals surface area contributed by atoms with E-state index >= 15 is 0 Å². The van der Waals surface area contributed by atoms with Crippen LogP contribution in [0.1, 0.15) is 28.7 Å². The molecule has 0 saturated heterocycles. The van der Waals surface area contributed by atoms with Crippen molar-refractivity contribution in [2.24, 2.45) is 0 Å². The minimum Gasteiger partial charge on any atom is -0.355 e. The summed E-state index contributed by atoms with van der Waals surface area (Å²) in [6, 6.07) is 15.2. The fourth-order valence-electron chi connectivity index (χ4n) is 3.10. The quantitative estimate of drug-likeness (QED) is 0.676. The van der Waals surface area contributed by atoms with E-state index < -0.39 is 0 Å². The van der Waals surface area contributed by atoms with Crippen molar-refractivity contribution in [1.29, 1.82) is 0 Å².